The van der Waals surface area contributed by atoms with Crippen molar-refractivity contribution >= 4 is 27.5 Å². The molecule has 0 atom stereocenters. The number of hydrogen-bond acceptors (Lipinski definition) is 5. The van der Waals surface area contributed by atoms with Crippen molar-refractivity contribution in [3.63, 3.8) is 0 Å². The van der Waals surface area contributed by atoms with Gasteiger partial charge in [0.05, 0.1) is 5.75 Å². The van der Waals surface area contributed by atoms with E-state index in [0.29, 0.717) is 44.5 Å². The molecule has 0 aromatic rings. The number of amides is 2. The molecule has 0 aromatic heterocycles. The summed E-state index contributed by atoms with van der Waals surface area (Å²) >= 11 is 0. The number of piperidine rings is 1. The predicted octanol–water partition coefficient (Wildman–Crippen LogP) is -0.0371. The minimum absolute atomic E-state index is 0.0551. The second kappa shape index (κ2) is 7.87. The second-order valence-electron chi connectivity index (χ2n) is 5.91. The first kappa shape index (κ1) is 17.9. The Morgan fingerprint density at radius 2 is 2.04 bits per heavy atom. The number of sulfonamides is 1. The van der Waals surface area contributed by atoms with E-state index >= 15 is 0 Å². The van der Waals surface area contributed by atoms with Crippen LogP contribution in [0.2, 0.25) is 0 Å². The maximum Gasteiger partial charge on any atom is 0.267 e. The van der Waals surface area contributed by atoms with E-state index in [2.05, 4.69) is 15.8 Å². The summed E-state index contributed by atoms with van der Waals surface area (Å²) in [5.41, 5.74) is 2.62. The van der Waals surface area contributed by atoms with Crippen LogP contribution in [0, 0.1) is 0 Å². The molecule has 0 aromatic carbocycles. The van der Waals surface area contributed by atoms with Gasteiger partial charge < -0.3 is 5.32 Å². The lowest BCUT2D eigenvalue weighted by Crippen LogP contribution is -2.49. The molecule has 0 aliphatic carbocycles. The van der Waals surface area contributed by atoms with E-state index in [1.165, 1.54) is 4.31 Å². The van der Waals surface area contributed by atoms with E-state index < -0.39 is 10.0 Å². The molecule has 2 aliphatic heterocycles. The normalized spacial score (nSPS) is 20.7. The Labute approximate surface area is 136 Å². The Balaban J connectivity index is 1.81. The molecule has 9 heteroatoms. The molecule has 2 amide bonds. The molecule has 130 valence electrons. The SMILES string of the molecule is CCCCS(=O)(=O)N1CCC(NC(=O)C2=NNC(=O)CC2)CC1. The Morgan fingerprint density at radius 3 is 2.61 bits per heavy atom. The predicted molar refractivity (Wildman–Crippen MR) is 86.2 cm³/mol. The van der Waals surface area contributed by atoms with Crippen LogP contribution in [0.5, 0.6) is 0 Å². The third-order valence-electron chi connectivity index (χ3n) is 4.10. The molecule has 1 saturated heterocycles. The zero-order valence-electron chi connectivity index (χ0n) is 13.4. The zero-order valence-corrected chi connectivity index (χ0v) is 14.2. The number of hydrazone groups is 1. The molecule has 2 heterocycles. The minimum Gasteiger partial charge on any atom is -0.348 e. The highest BCUT2D eigenvalue weighted by Gasteiger charge is 2.29. The summed E-state index contributed by atoms with van der Waals surface area (Å²) in [6.45, 7) is 2.83. The van der Waals surface area contributed by atoms with Gasteiger partial charge in [0.15, 0.2) is 0 Å². The maximum atomic E-state index is 12.1. The highest BCUT2D eigenvalue weighted by Crippen LogP contribution is 2.16. The molecule has 0 saturated carbocycles. The van der Waals surface area contributed by atoms with Gasteiger partial charge in [-0.2, -0.15) is 5.10 Å². The number of nitrogens with zero attached hydrogens (tertiary/aromatic N) is 2. The molecule has 2 aliphatic rings. The van der Waals surface area contributed by atoms with E-state index in [1.807, 2.05) is 6.92 Å². The standard InChI is InChI=1S/C14H24N4O4S/c1-2-3-10-23(21,22)18-8-6-11(7-9-18)15-14(20)12-4-5-13(19)17-16-12/h11H,2-10H2,1H3,(H,15,20)(H,17,19). The van der Waals surface area contributed by atoms with E-state index in [0.717, 1.165) is 6.42 Å². The molecule has 0 unspecified atom stereocenters. The Bertz CT molecular complexity index is 580. The summed E-state index contributed by atoms with van der Waals surface area (Å²) in [5.74, 6) is -0.277. The molecule has 1 fully saturated rings. The van der Waals surface area contributed by atoms with Crippen LogP contribution in [0.1, 0.15) is 45.4 Å². The number of rotatable bonds is 6. The molecule has 8 nitrogen and oxygen atoms in total. The van der Waals surface area contributed by atoms with E-state index in [9.17, 15) is 18.0 Å². The number of hydrogen-bond donors (Lipinski definition) is 2. The quantitative estimate of drug-likeness (QED) is 0.705. The molecule has 0 bridgehead atoms. The van der Waals surface area contributed by atoms with Crippen LogP contribution >= 0.6 is 0 Å². The van der Waals surface area contributed by atoms with Crippen molar-refractivity contribution in [2.45, 2.75) is 51.5 Å². The molecule has 0 spiro atoms. The lowest BCUT2D eigenvalue weighted by atomic mass is 10.1. The van der Waals surface area contributed by atoms with Gasteiger partial charge in [0, 0.05) is 32.0 Å². The number of carbonyl (C=O) groups excluding carboxylic acids is 2. The van der Waals surface area contributed by atoms with Gasteiger partial charge in [-0.25, -0.2) is 18.1 Å². The van der Waals surface area contributed by atoms with Gasteiger partial charge in [-0.15, -0.1) is 0 Å². The summed E-state index contributed by atoms with van der Waals surface area (Å²) in [5, 5.41) is 6.64. The van der Waals surface area contributed by atoms with Gasteiger partial charge >= 0.3 is 0 Å². The second-order valence-corrected chi connectivity index (χ2v) is 8.00. The van der Waals surface area contributed by atoms with Crippen molar-refractivity contribution < 1.29 is 18.0 Å². The van der Waals surface area contributed by atoms with Gasteiger partial charge in [0.25, 0.3) is 5.91 Å². The fourth-order valence-corrected chi connectivity index (χ4v) is 4.32. The lowest BCUT2D eigenvalue weighted by Gasteiger charge is -2.31. The van der Waals surface area contributed by atoms with Crippen LogP contribution in [0.15, 0.2) is 5.10 Å². The third kappa shape index (κ3) is 5.00. The topological polar surface area (TPSA) is 108 Å². The van der Waals surface area contributed by atoms with Crippen LogP contribution in [0.25, 0.3) is 0 Å². The van der Waals surface area contributed by atoms with Gasteiger partial charge in [-0.1, -0.05) is 13.3 Å². The van der Waals surface area contributed by atoms with Crippen molar-refractivity contribution in [2.75, 3.05) is 18.8 Å². The smallest absolute Gasteiger partial charge is 0.267 e. The van der Waals surface area contributed by atoms with Gasteiger partial charge in [0.2, 0.25) is 15.9 Å². The van der Waals surface area contributed by atoms with Gasteiger partial charge in [0.1, 0.15) is 5.71 Å². The van der Waals surface area contributed by atoms with Gasteiger partial charge in [-0.3, -0.25) is 9.59 Å². The first-order chi connectivity index (χ1) is 10.9. The van der Waals surface area contributed by atoms with E-state index in [1.54, 1.807) is 0 Å². The van der Waals surface area contributed by atoms with Crippen molar-refractivity contribution in [3.05, 3.63) is 0 Å². The van der Waals surface area contributed by atoms with Crippen molar-refractivity contribution in [1.82, 2.24) is 15.0 Å². The van der Waals surface area contributed by atoms with E-state index in [4.69, 9.17) is 0 Å². The van der Waals surface area contributed by atoms with Crippen LogP contribution in [0.3, 0.4) is 0 Å². The highest BCUT2D eigenvalue weighted by molar-refractivity contribution is 7.89. The van der Waals surface area contributed by atoms with E-state index in [-0.39, 0.29) is 30.0 Å². The summed E-state index contributed by atoms with van der Waals surface area (Å²) in [4.78, 5) is 23.1. The summed E-state index contributed by atoms with van der Waals surface area (Å²) < 4.78 is 25.8. The van der Waals surface area contributed by atoms with Gasteiger partial charge in [-0.05, 0) is 19.3 Å². The zero-order chi connectivity index (χ0) is 16.9. The maximum absolute atomic E-state index is 12.1. The van der Waals surface area contributed by atoms with Crippen LogP contribution in [-0.4, -0.2) is 55.1 Å². The van der Waals surface area contributed by atoms with Crippen molar-refractivity contribution in [3.8, 4) is 0 Å². The summed E-state index contributed by atoms with van der Waals surface area (Å²) in [6.07, 6.45) is 3.31. The average Bonchev–Trinajstić information content (AvgIpc) is 2.54. The number of nitrogens with one attached hydrogen (secondary N) is 2. The summed E-state index contributed by atoms with van der Waals surface area (Å²) in [7, 11) is -3.17. The molecular formula is C14H24N4O4S. The lowest BCUT2D eigenvalue weighted by molar-refractivity contribution is -0.121. The monoisotopic (exact) mass is 344 g/mol. The van der Waals surface area contributed by atoms with Crippen molar-refractivity contribution in [2.24, 2.45) is 5.10 Å². The molecule has 0 radical (unpaired) electrons. The first-order valence-corrected chi connectivity index (χ1v) is 9.67. The minimum atomic E-state index is -3.17. The fraction of sp³-hybridized carbons (Fsp3) is 0.786. The molecule has 2 N–H and O–H groups in total. The number of carbonyl (C=O) groups is 2. The third-order valence-corrected chi connectivity index (χ3v) is 6.06. The molecular weight excluding hydrogens is 320 g/mol. The highest BCUT2D eigenvalue weighted by atomic mass is 32.2. The molecule has 23 heavy (non-hydrogen) atoms. The largest absolute Gasteiger partial charge is 0.348 e. The average molecular weight is 344 g/mol. The van der Waals surface area contributed by atoms with Crippen LogP contribution in [-0.2, 0) is 19.6 Å². The van der Waals surface area contributed by atoms with Crippen LogP contribution in [0.4, 0.5) is 0 Å². The number of unbranched alkanes of at least 4 members (excludes halogenated alkanes) is 1. The van der Waals surface area contributed by atoms with Crippen molar-refractivity contribution in [1.29, 1.82) is 0 Å². The first-order valence-electron chi connectivity index (χ1n) is 8.06. The Hall–Kier alpha value is -1.48. The Morgan fingerprint density at radius 1 is 1.35 bits per heavy atom. The fourth-order valence-electron chi connectivity index (χ4n) is 2.64. The van der Waals surface area contributed by atoms with Crippen LogP contribution < -0.4 is 10.7 Å². The molecule has 2 rings (SSSR count). The Kier molecular flexibility index (Phi) is 6.11. The summed E-state index contributed by atoms with van der Waals surface area (Å²) in [6, 6.07) is -0.0551.